The molecule has 1 fully saturated rings. The van der Waals surface area contributed by atoms with Crippen LogP contribution in [0.25, 0.3) is 22.3 Å². The fraction of sp³-hybridized carbons (Fsp3) is 0.474. The number of morpholine rings is 1. The third kappa shape index (κ3) is 2.99. The summed E-state index contributed by atoms with van der Waals surface area (Å²) in [5, 5.41) is 14.7. The highest BCUT2D eigenvalue weighted by atomic mass is 16.5. The monoisotopic (exact) mass is 368 g/mol. The molecule has 8 nitrogen and oxygen atoms in total. The van der Waals surface area contributed by atoms with Crippen molar-refractivity contribution in [2.45, 2.75) is 20.0 Å². The lowest BCUT2D eigenvalue weighted by Crippen LogP contribution is -2.45. The average molecular weight is 368 g/mol. The first-order chi connectivity index (χ1) is 13.0. The van der Waals surface area contributed by atoms with Crippen molar-refractivity contribution < 1.29 is 4.74 Å². The van der Waals surface area contributed by atoms with Gasteiger partial charge in [-0.25, -0.2) is 4.68 Å². The molecule has 4 rings (SSSR count). The van der Waals surface area contributed by atoms with Crippen molar-refractivity contribution in [3.05, 3.63) is 34.6 Å². The Morgan fingerprint density at radius 1 is 1.15 bits per heavy atom. The predicted molar refractivity (Wildman–Crippen MR) is 104 cm³/mol. The largest absolute Gasteiger partial charge is 0.374 e. The Morgan fingerprint density at radius 2 is 1.89 bits per heavy atom. The first kappa shape index (κ1) is 17.7. The molecule has 3 aromatic rings. The predicted octanol–water partition coefficient (Wildman–Crippen LogP) is 1.59. The van der Waals surface area contributed by atoms with Gasteiger partial charge in [0.25, 0.3) is 5.56 Å². The van der Waals surface area contributed by atoms with Gasteiger partial charge in [-0.15, -0.1) is 10.2 Å². The Balaban J connectivity index is 1.79. The molecule has 0 radical (unpaired) electrons. The lowest BCUT2D eigenvalue weighted by molar-refractivity contribution is 0.0108. The van der Waals surface area contributed by atoms with E-state index in [1.807, 2.05) is 35.9 Å². The maximum Gasteiger partial charge on any atom is 0.274 e. The quantitative estimate of drug-likeness (QED) is 0.699. The zero-order chi connectivity index (χ0) is 19.1. The van der Waals surface area contributed by atoms with Gasteiger partial charge in [0.15, 0.2) is 5.82 Å². The number of aromatic nitrogens is 5. The molecular formula is C19H24N6O2. The van der Waals surface area contributed by atoms with E-state index in [1.54, 1.807) is 7.05 Å². The second-order valence-electron chi connectivity index (χ2n) is 7.30. The van der Waals surface area contributed by atoms with E-state index in [2.05, 4.69) is 34.0 Å². The molecule has 0 aliphatic carbocycles. The summed E-state index contributed by atoms with van der Waals surface area (Å²) in [6.07, 6.45) is 0.176. The van der Waals surface area contributed by atoms with E-state index in [9.17, 15) is 4.79 Å². The Labute approximate surface area is 157 Å². The highest BCUT2D eigenvalue weighted by Crippen LogP contribution is 2.26. The Kier molecular flexibility index (Phi) is 4.43. The Morgan fingerprint density at radius 3 is 2.63 bits per heavy atom. The van der Waals surface area contributed by atoms with Gasteiger partial charge in [0.2, 0.25) is 5.95 Å². The van der Waals surface area contributed by atoms with E-state index in [0.717, 1.165) is 24.4 Å². The molecule has 2 aromatic heterocycles. The van der Waals surface area contributed by atoms with Gasteiger partial charge in [0.1, 0.15) is 5.69 Å². The van der Waals surface area contributed by atoms with Crippen LogP contribution >= 0.6 is 0 Å². The van der Waals surface area contributed by atoms with Gasteiger partial charge >= 0.3 is 0 Å². The summed E-state index contributed by atoms with van der Waals surface area (Å²) in [5.41, 5.74) is 0.535. The molecule has 27 heavy (non-hydrogen) atoms. The number of ether oxygens (including phenoxy) is 1. The van der Waals surface area contributed by atoms with Crippen LogP contribution in [0, 0.1) is 5.92 Å². The summed E-state index contributed by atoms with van der Waals surface area (Å²) in [7, 11) is 3.59. The number of benzene rings is 1. The zero-order valence-electron chi connectivity index (χ0n) is 16.1. The first-order valence-corrected chi connectivity index (χ1v) is 9.19. The molecular weight excluding hydrogens is 344 g/mol. The topological polar surface area (TPSA) is 78.1 Å². The summed E-state index contributed by atoms with van der Waals surface area (Å²) >= 11 is 0. The number of aryl methyl sites for hydroxylation is 1. The van der Waals surface area contributed by atoms with E-state index < -0.39 is 0 Å². The van der Waals surface area contributed by atoms with Crippen LogP contribution in [0.5, 0.6) is 0 Å². The summed E-state index contributed by atoms with van der Waals surface area (Å²) in [6.45, 7) is 6.56. The molecule has 0 spiro atoms. The molecule has 1 atom stereocenters. The van der Waals surface area contributed by atoms with Crippen molar-refractivity contribution in [1.82, 2.24) is 24.5 Å². The molecule has 0 amide bonds. The second-order valence-corrected chi connectivity index (χ2v) is 7.30. The third-order valence-electron chi connectivity index (χ3n) is 5.14. The normalized spacial score (nSPS) is 17.8. The van der Waals surface area contributed by atoms with Crippen LogP contribution in [0.2, 0.25) is 0 Å². The second kappa shape index (κ2) is 6.77. The van der Waals surface area contributed by atoms with Crippen LogP contribution in [0.15, 0.2) is 29.1 Å². The van der Waals surface area contributed by atoms with Crippen molar-refractivity contribution in [2.24, 2.45) is 20.0 Å². The number of hydrogen-bond donors (Lipinski definition) is 0. The van der Waals surface area contributed by atoms with Gasteiger partial charge in [-0.1, -0.05) is 32.0 Å². The van der Waals surface area contributed by atoms with Crippen molar-refractivity contribution >= 4 is 16.7 Å². The maximum absolute atomic E-state index is 12.4. The number of anilines is 1. The summed E-state index contributed by atoms with van der Waals surface area (Å²) in [4.78, 5) is 14.6. The van der Waals surface area contributed by atoms with Crippen LogP contribution in [0.4, 0.5) is 5.95 Å². The summed E-state index contributed by atoms with van der Waals surface area (Å²) in [6, 6.07) is 7.47. The van der Waals surface area contributed by atoms with E-state index in [4.69, 9.17) is 4.74 Å². The fourth-order valence-electron chi connectivity index (χ4n) is 3.53. The molecule has 1 aliphatic heterocycles. The molecule has 0 unspecified atom stereocenters. The fourth-order valence-corrected chi connectivity index (χ4v) is 3.53. The number of rotatable bonds is 3. The highest BCUT2D eigenvalue weighted by molar-refractivity contribution is 5.92. The van der Waals surface area contributed by atoms with Gasteiger partial charge in [-0.05, 0) is 12.0 Å². The van der Waals surface area contributed by atoms with Gasteiger partial charge in [-0.2, -0.15) is 5.10 Å². The molecule has 3 heterocycles. The average Bonchev–Trinajstić information content (AvgIpc) is 3.06. The smallest absolute Gasteiger partial charge is 0.274 e. The molecule has 0 bridgehead atoms. The molecule has 142 valence electrons. The first-order valence-electron chi connectivity index (χ1n) is 9.19. The SMILES string of the molecule is CC(C)[C@@H]1CN(c2nnc(-c3nn(C)c(=O)c4ccccc34)n2C)CCO1. The number of nitrogens with zero attached hydrogens (tertiary/aromatic N) is 6. The van der Waals surface area contributed by atoms with Gasteiger partial charge in [-0.3, -0.25) is 9.36 Å². The van der Waals surface area contributed by atoms with Gasteiger partial charge in [0, 0.05) is 32.6 Å². The van der Waals surface area contributed by atoms with Crippen LogP contribution in [0.1, 0.15) is 13.8 Å². The molecule has 8 heteroatoms. The minimum Gasteiger partial charge on any atom is -0.374 e. The van der Waals surface area contributed by atoms with Crippen molar-refractivity contribution in [3.8, 4) is 11.5 Å². The minimum absolute atomic E-state index is 0.121. The lowest BCUT2D eigenvalue weighted by Gasteiger charge is -2.35. The molecule has 1 aromatic carbocycles. The third-order valence-corrected chi connectivity index (χ3v) is 5.14. The molecule has 0 N–H and O–H groups in total. The Hall–Kier alpha value is -2.74. The van der Waals surface area contributed by atoms with Crippen molar-refractivity contribution in [3.63, 3.8) is 0 Å². The Bertz CT molecular complexity index is 1040. The highest BCUT2D eigenvalue weighted by Gasteiger charge is 2.27. The van der Waals surface area contributed by atoms with Crippen LogP contribution in [-0.2, 0) is 18.8 Å². The van der Waals surface area contributed by atoms with Gasteiger partial charge < -0.3 is 9.64 Å². The standard InChI is InChI=1S/C19H24N6O2/c1-12(2)15-11-25(9-10-27-15)19-21-20-17(23(19)3)16-13-7-5-6-8-14(13)18(26)24(4)22-16/h5-8,12,15H,9-11H2,1-4H3/t15-/m0/s1. The van der Waals surface area contributed by atoms with E-state index in [-0.39, 0.29) is 11.7 Å². The summed E-state index contributed by atoms with van der Waals surface area (Å²) in [5.74, 6) is 1.87. The lowest BCUT2D eigenvalue weighted by atomic mass is 10.1. The summed E-state index contributed by atoms with van der Waals surface area (Å²) < 4.78 is 9.16. The maximum atomic E-state index is 12.4. The molecule has 1 saturated heterocycles. The zero-order valence-corrected chi connectivity index (χ0v) is 16.1. The molecule has 1 aliphatic rings. The number of hydrogen-bond acceptors (Lipinski definition) is 6. The van der Waals surface area contributed by atoms with Crippen LogP contribution < -0.4 is 10.5 Å². The number of fused-ring (bicyclic) bond motifs is 1. The van der Waals surface area contributed by atoms with E-state index in [1.165, 1.54) is 4.68 Å². The van der Waals surface area contributed by atoms with Crippen LogP contribution in [-0.4, -0.2) is 50.3 Å². The molecule has 0 saturated carbocycles. The minimum atomic E-state index is -0.121. The van der Waals surface area contributed by atoms with Gasteiger partial charge in [0.05, 0.1) is 18.1 Å². The van der Waals surface area contributed by atoms with E-state index in [0.29, 0.717) is 29.4 Å². The van der Waals surface area contributed by atoms with Crippen molar-refractivity contribution in [2.75, 3.05) is 24.6 Å². The van der Waals surface area contributed by atoms with Crippen molar-refractivity contribution in [1.29, 1.82) is 0 Å². The van der Waals surface area contributed by atoms with Crippen LogP contribution in [0.3, 0.4) is 0 Å². The van der Waals surface area contributed by atoms with E-state index >= 15 is 0 Å².